The Morgan fingerprint density at radius 1 is 1.33 bits per heavy atom. The Morgan fingerprint density at radius 3 is 2.73 bits per heavy atom. The Balaban J connectivity index is 2.42. The molecule has 74 valence electrons. The molecule has 2 aromatic rings. The summed E-state index contributed by atoms with van der Waals surface area (Å²) in [6.45, 7) is 1.82. The maximum Gasteiger partial charge on any atom is 0.308 e. The molecule has 2 rings (SSSR count). The van der Waals surface area contributed by atoms with Crippen LogP contribution in [0.1, 0.15) is 5.76 Å². The third kappa shape index (κ3) is 1.81. The van der Waals surface area contributed by atoms with Crippen LogP contribution in [0.5, 0.6) is 0 Å². The van der Waals surface area contributed by atoms with Crippen molar-refractivity contribution in [1.29, 1.82) is 5.26 Å². The largest absolute Gasteiger partial charge is 0.428 e. The summed E-state index contributed by atoms with van der Waals surface area (Å²) in [5.41, 5.74) is 1.73. The summed E-state index contributed by atoms with van der Waals surface area (Å²) in [5, 5.41) is 10.8. The SMILES string of the molecule is Cc1oc(NC#N)nc1-c1ccccc1. The van der Waals surface area contributed by atoms with Crippen LogP contribution < -0.4 is 5.32 Å². The highest BCUT2D eigenvalue weighted by molar-refractivity contribution is 5.62. The van der Waals surface area contributed by atoms with Crippen molar-refractivity contribution >= 4 is 6.01 Å². The van der Waals surface area contributed by atoms with Crippen molar-refractivity contribution in [3.63, 3.8) is 0 Å². The Hall–Kier alpha value is -2.28. The first-order chi connectivity index (χ1) is 7.31. The van der Waals surface area contributed by atoms with Crippen molar-refractivity contribution in [2.45, 2.75) is 6.92 Å². The van der Waals surface area contributed by atoms with E-state index in [0.717, 1.165) is 11.3 Å². The number of aromatic nitrogens is 1. The fraction of sp³-hybridized carbons (Fsp3) is 0.0909. The zero-order valence-electron chi connectivity index (χ0n) is 8.19. The predicted octanol–water partition coefficient (Wildman–Crippen LogP) is 2.54. The Bertz CT molecular complexity index is 496. The highest BCUT2D eigenvalue weighted by atomic mass is 16.4. The van der Waals surface area contributed by atoms with Crippen LogP contribution in [0.2, 0.25) is 0 Å². The normalized spacial score (nSPS) is 9.60. The van der Waals surface area contributed by atoms with Gasteiger partial charge in [-0.25, -0.2) is 5.32 Å². The number of rotatable bonds is 2. The summed E-state index contributed by atoms with van der Waals surface area (Å²) >= 11 is 0. The van der Waals surface area contributed by atoms with E-state index in [0.29, 0.717) is 5.76 Å². The molecule has 4 heteroatoms. The highest BCUT2D eigenvalue weighted by Gasteiger charge is 2.10. The van der Waals surface area contributed by atoms with Gasteiger partial charge in [-0.15, -0.1) is 0 Å². The molecule has 0 bridgehead atoms. The van der Waals surface area contributed by atoms with Gasteiger partial charge in [-0.3, -0.25) is 0 Å². The van der Waals surface area contributed by atoms with E-state index in [1.54, 1.807) is 6.19 Å². The van der Waals surface area contributed by atoms with Crippen LogP contribution in [-0.2, 0) is 0 Å². The second kappa shape index (κ2) is 3.84. The number of aryl methyl sites for hydroxylation is 1. The standard InChI is InChI=1S/C11H9N3O/c1-8-10(9-5-3-2-4-6-9)14-11(15-8)13-7-12/h2-6H,1H3,(H,13,14). The molecule has 4 nitrogen and oxygen atoms in total. The van der Waals surface area contributed by atoms with E-state index >= 15 is 0 Å². The lowest BCUT2D eigenvalue weighted by Gasteiger charge is -1.94. The van der Waals surface area contributed by atoms with Gasteiger partial charge >= 0.3 is 6.01 Å². The van der Waals surface area contributed by atoms with Crippen molar-refractivity contribution in [2.24, 2.45) is 0 Å². The summed E-state index contributed by atoms with van der Waals surface area (Å²) in [6.07, 6.45) is 1.77. The van der Waals surface area contributed by atoms with Gasteiger partial charge in [0.15, 0.2) is 6.19 Å². The monoisotopic (exact) mass is 199 g/mol. The van der Waals surface area contributed by atoms with Gasteiger partial charge in [0.2, 0.25) is 0 Å². The smallest absolute Gasteiger partial charge is 0.308 e. The van der Waals surface area contributed by atoms with Crippen molar-refractivity contribution in [3.8, 4) is 17.5 Å². The van der Waals surface area contributed by atoms with E-state index in [1.165, 1.54) is 0 Å². The fourth-order valence-electron chi connectivity index (χ4n) is 1.36. The Kier molecular flexibility index (Phi) is 2.38. The predicted molar refractivity (Wildman–Crippen MR) is 55.9 cm³/mol. The summed E-state index contributed by atoms with van der Waals surface area (Å²) in [4.78, 5) is 4.17. The third-order valence-electron chi connectivity index (χ3n) is 2.01. The molecule has 0 radical (unpaired) electrons. The molecule has 0 amide bonds. The number of nitrogens with zero attached hydrogens (tertiary/aromatic N) is 2. The van der Waals surface area contributed by atoms with E-state index in [4.69, 9.17) is 9.68 Å². The minimum absolute atomic E-state index is 0.230. The molecule has 1 N–H and O–H groups in total. The van der Waals surface area contributed by atoms with Gasteiger partial charge < -0.3 is 4.42 Å². The van der Waals surface area contributed by atoms with Crippen LogP contribution in [0.4, 0.5) is 6.01 Å². The Morgan fingerprint density at radius 2 is 2.07 bits per heavy atom. The summed E-state index contributed by atoms with van der Waals surface area (Å²) < 4.78 is 5.26. The number of oxazole rings is 1. The van der Waals surface area contributed by atoms with E-state index < -0.39 is 0 Å². The van der Waals surface area contributed by atoms with Crippen LogP contribution >= 0.6 is 0 Å². The molecule has 0 unspecified atom stereocenters. The lowest BCUT2D eigenvalue weighted by Crippen LogP contribution is -1.86. The van der Waals surface area contributed by atoms with Crippen molar-refractivity contribution in [2.75, 3.05) is 5.32 Å². The minimum Gasteiger partial charge on any atom is -0.428 e. The molecule has 1 aromatic heterocycles. The second-order valence-electron chi connectivity index (χ2n) is 3.03. The summed E-state index contributed by atoms with van der Waals surface area (Å²) in [5.74, 6) is 0.693. The average molecular weight is 199 g/mol. The third-order valence-corrected chi connectivity index (χ3v) is 2.01. The van der Waals surface area contributed by atoms with Gasteiger partial charge in [0.05, 0.1) is 0 Å². The first kappa shape index (κ1) is 9.28. The molecule has 0 aliphatic rings. The molecule has 1 heterocycles. The number of anilines is 1. The van der Waals surface area contributed by atoms with E-state index in [2.05, 4.69) is 10.3 Å². The number of benzene rings is 1. The average Bonchev–Trinajstić information content (AvgIpc) is 2.61. The molecular formula is C11H9N3O. The van der Waals surface area contributed by atoms with Crippen LogP contribution in [0.15, 0.2) is 34.7 Å². The summed E-state index contributed by atoms with van der Waals surface area (Å²) in [7, 11) is 0. The molecular weight excluding hydrogens is 190 g/mol. The van der Waals surface area contributed by atoms with Gasteiger partial charge in [0, 0.05) is 5.56 Å². The zero-order chi connectivity index (χ0) is 10.7. The first-order valence-electron chi connectivity index (χ1n) is 4.49. The molecule has 0 saturated carbocycles. The molecule has 0 atom stereocenters. The molecule has 0 fully saturated rings. The van der Waals surface area contributed by atoms with E-state index in [1.807, 2.05) is 37.3 Å². The number of nitrogens with one attached hydrogen (secondary N) is 1. The zero-order valence-corrected chi connectivity index (χ0v) is 8.19. The molecule has 1 aromatic carbocycles. The number of nitriles is 1. The first-order valence-corrected chi connectivity index (χ1v) is 4.49. The van der Waals surface area contributed by atoms with Crippen molar-refractivity contribution in [3.05, 3.63) is 36.1 Å². The van der Waals surface area contributed by atoms with Crippen LogP contribution in [0.25, 0.3) is 11.3 Å². The van der Waals surface area contributed by atoms with Crippen LogP contribution in [-0.4, -0.2) is 4.98 Å². The van der Waals surface area contributed by atoms with Crippen molar-refractivity contribution in [1.82, 2.24) is 4.98 Å². The van der Waals surface area contributed by atoms with Gasteiger partial charge in [-0.2, -0.15) is 10.2 Å². The number of hydrogen-bond acceptors (Lipinski definition) is 4. The molecule has 0 saturated heterocycles. The minimum atomic E-state index is 0.230. The van der Waals surface area contributed by atoms with Gasteiger partial charge in [-0.1, -0.05) is 30.3 Å². The molecule has 15 heavy (non-hydrogen) atoms. The lowest BCUT2D eigenvalue weighted by atomic mass is 10.1. The summed E-state index contributed by atoms with van der Waals surface area (Å²) in [6, 6.07) is 9.92. The number of hydrogen-bond donors (Lipinski definition) is 1. The molecule has 0 aliphatic carbocycles. The maximum atomic E-state index is 8.43. The van der Waals surface area contributed by atoms with Gasteiger partial charge in [-0.05, 0) is 6.92 Å². The van der Waals surface area contributed by atoms with E-state index in [-0.39, 0.29) is 6.01 Å². The lowest BCUT2D eigenvalue weighted by molar-refractivity contribution is 0.546. The topological polar surface area (TPSA) is 61.9 Å². The highest BCUT2D eigenvalue weighted by Crippen LogP contribution is 2.24. The fourth-order valence-corrected chi connectivity index (χ4v) is 1.36. The second-order valence-corrected chi connectivity index (χ2v) is 3.03. The quantitative estimate of drug-likeness (QED) is 0.596. The van der Waals surface area contributed by atoms with Crippen molar-refractivity contribution < 1.29 is 4.42 Å². The molecule has 0 spiro atoms. The van der Waals surface area contributed by atoms with Gasteiger partial charge in [0.25, 0.3) is 0 Å². The van der Waals surface area contributed by atoms with E-state index in [9.17, 15) is 0 Å². The van der Waals surface area contributed by atoms with Crippen LogP contribution in [0, 0.1) is 18.4 Å². The Labute approximate surface area is 87.2 Å². The maximum absolute atomic E-state index is 8.43. The van der Waals surface area contributed by atoms with Gasteiger partial charge in [0.1, 0.15) is 11.5 Å². The molecule has 0 aliphatic heterocycles. The van der Waals surface area contributed by atoms with Crippen LogP contribution in [0.3, 0.4) is 0 Å².